The highest BCUT2D eigenvalue weighted by molar-refractivity contribution is 6.03. The molecule has 1 fully saturated rings. The smallest absolute Gasteiger partial charge is 0.340 e. The lowest BCUT2D eigenvalue weighted by Crippen LogP contribution is -2.59. The van der Waals surface area contributed by atoms with Crippen LogP contribution >= 0.6 is 0 Å². The van der Waals surface area contributed by atoms with E-state index < -0.39 is 11.8 Å². The number of aryl methyl sites for hydroxylation is 1. The van der Waals surface area contributed by atoms with Crippen LogP contribution in [0.4, 0.5) is 10.1 Å². The van der Waals surface area contributed by atoms with Crippen LogP contribution in [0, 0.1) is 12.7 Å². The number of likely N-dealkylation sites (tertiary alicyclic amines) is 1. The number of carbonyl (C=O) groups excluding carboxylic acids is 2. The summed E-state index contributed by atoms with van der Waals surface area (Å²) in [5.74, 6) is -1.34. The standard InChI is InChI=1S/C20H29FN2O3/c1-5-23(10-8-6-7-9-11-23)15(3)19(24)22-18-14(2)12-16(21)13-17(18)20(25)26-4/h12-13,15H,5-11H2,1-4H3/p+1. The molecule has 0 radical (unpaired) electrons. The molecule has 0 bridgehead atoms. The Kier molecular flexibility index (Phi) is 6.75. The summed E-state index contributed by atoms with van der Waals surface area (Å²) in [5, 5.41) is 2.88. The van der Waals surface area contributed by atoms with Crippen LogP contribution in [0.2, 0.25) is 0 Å². The number of rotatable bonds is 5. The molecular weight excluding hydrogens is 335 g/mol. The molecule has 1 atom stereocenters. The van der Waals surface area contributed by atoms with E-state index in [-0.39, 0.29) is 17.5 Å². The Morgan fingerprint density at radius 3 is 2.38 bits per heavy atom. The molecule has 1 unspecified atom stereocenters. The van der Waals surface area contributed by atoms with Crippen molar-refractivity contribution >= 4 is 17.6 Å². The molecule has 144 valence electrons. The summed E-state index contributed by atoms with van der Waals surface area (Å²) in [6.07, 6.45) is 4.65. The molecule has 0 aromatic heterocycles. The van der Waals surface area contributed by atoms with E-state index >= 15 is 0 Å². The number of hydrogen-bond donors (Lipinski definition) is 1. The molecule has 1 aromatic rings. The number of carbonyl (C=O) groups is 2. The summed E-state index contributed by atoms with van der Waals surface area (Å²) < 4.78 is 19.2. The number of hydrogen-bond acceptors (Lipinski definition) is 3. The van der Waals surface area contributed by atoms with Gasteiger partial charge in [-0.1, -0.05) is 0 Å². The van der Waals surface area contributed by atoms with E-state index in [1.165, 1.54) is 26.0 Å². The predicted octanol–water partition coefficient (Wildman–Crippen LogP) is 3.66. The fourth-order valence-electron chi connectivity index (χ4n) is 3.95. The maximum Gasteiger partial charge on any atom is 0.340 e. The monoisotopic (exact) mass is 365 g/mol. The minimum Gasteiger partial charge on any atom is -0.465 e. The third-order valence-corrected chi connectivity index (χ3v) is 5.74. The number of esters is 1. The van der Waals surface area contributed by atoms with Crippen molar-refractivity contribution in [1.29, 1.82) is 0 Å². The van der Waals surface area contributed by atoms with Gasteiger partial charge in [-0.15, -0.1) is 0 Å². The number of likely N-dealkylation sites (N-methyl/N-ethyl adjacent to an activating group) is 1. The van der Waals surface area contributed by atoms with E-state index in [9.17, 15) is 14.0 Å². The van der Waals surface area contributed by atoms with E-state index in [1.807, 2.05) is 6.92 Å². The molecule has 26 heavy (non-hydrogen) atoms. The largest absolute Gasteiger partial charge is 0.465 e. The summed E-state index contributed by atoms with van der Waals surface area (Å²) >= 11 is 0. The normalized spacial score (nSPS) is 17.9. The second-order valence-electron chi connectivity index (χ2n) is 7.20. The Balaban J connectivity index is 2.30. The van der Waals surface area contributed by atoms with Gasteiger partial charge in [0.05, 0.1) is 38.0 Å². The first-order valence-electron chi connectivity index (χ1n) is 9.39. The number of amides is 1. The zero-order valence-electron chi connectivity index (χ0n) is 16.2. The van der Waals surface area contributed by atoms with Crippen LogP contribution in [-0.4, -0.2) is 49.1 Å². The van der Waals surface area contributed by atoms with Gasteiger partial charge in [0.1, 0.15) is 5.82 Å². The minimum atomic E-state index is -0.662. The van der Waals surface area contributed by atoms with Crippen molar-refractivity contribution < 1.29 is 23.2 Å². The Hall–Kier alpha value is -1.95. The number of benzene rings is 1. The fourth-order valence-corrected chi connectivity index (χ4v) is 3.95. The van der Waals surface area contributed by atoms with E-state index in [2.05, 4.69) is 12.2 Å². The predicted molar refractivity (Wildman–Crippen MR) is 99.6 cm³/mol. The van der Waals surface area contributed by atoms with Crippen molar-refractivity contribution in [3.05, 3.63) is 29.1 Å². The van der Waals surface area contributed by atoms with Crippen molar-refractivity contribution in [3.8, 4) is 0 Å². The van der Waals surface area contributed by atoms with Crippen LogP contribution in [-0.2, 0) is 9.53 Å². The molecule has 1 aliphatic heterocycles. The molecule has 1 saturated heterocycles. The molecule has 5 nitrogen and oxygen atoms in total. The van der Waals surface area contributed by atoms with Crippen LogP contribution in [0.3, 0.4) is 0 Å². The Morgan fingerprint density at radius 1 is 1.23 bits per heavy atom. The Labute approximate surface area is 155 Å². The van der Waals surface area contributed by atoms with Crippen molar-refractivity contribution in [1.82, 2.24) is 0 Å². The SMILES string of the molecule is CC[N+]1(C(C)C(=O)Nc2c(C)cc(F)cc2C(=O)OC)CCCCCC1. The molecular formula is C20H30FN2O3+. The highest BCUT2D eigenvalue weighted by Crippen LogP contribution is 2.26. The number of nitrogens with one attached hydrogen (secondary N) is 1. The summed E-state index contributed by atoms with van der Waals surface area (Å²) in [7, 11) is 1.24. The summed E-state index contributed by atoms with van der Waals surface area (Å²) in [5.41, 5.74) is 0.883. The van der Waals surface area contributed by atoms with E-state index in [0.717, 1.165) is 43.0 Å². The molecule has 0 saturated carbocycles. The van der Waals surface area contributed by atoms with Gasteiger partial charge in [0.2, 0.25) is 0 Å². The van der Waals surface area contributed by atoms with Gasteiger partial charge in [-0.25, -0.2) is 9.18 Å². The van der Waals surface area contributed by atoms with Crippen molar-refractivity contribution in [2.45, 2.75) is 52.5 Å². The topological polar surface area (TPSA) is 55.4 Å². The van der Waals surface area contributed by atoms with E-state index in [0.29, 0.717) is 11.3 Å². The first kappa shape index (κ1) is 20.4. The van der Waals surface area contributed by atoms with Crippen LogP contribution in [0.1, 0.15) is 55.5 Å². The van der Waals surface area contributed by atoms with Crippen LogP contribution in [0.5, 0.6) is 0 Å². The van der Waals surface area contributed by atoms with Crippen molar-refractivity contribution in [2.24, 2.45) is 0 Å². The second-order valence-corrected chi connectivity index (χ2v) is 7.20. The molecule has 2 rings (SSSR count). The lowest BCUT2D eigenvalue weighted by molar-refractivity contribution is -0.938. The quantitative estimate of drug-likeness (QED) is 0.640. The molecule has 1 amide bonds. The Morgan fingerprint density at radius 2 is 1.85 bits per heavy atom. The van der Waals surface area contributed by atoms with Gasteiger partial charge in [-0.2, -0.15) is 0 Å². The van der Waals surface area contributed by atoms with Crippen LogP contribution in [0.15, 0.2) is 12.1 Å². The summed E-state index contributed by atoms with van der Waals surface area (Å²) in [4.78, 5) is 25.0. The van der Waals surface area contributed by atoms with E-state index in [1.54, 1.807) is 6.92 Å². The number of methoxy groups -OCH3 is 1. The molecule has 1 N–H and O–H groups in total. The minimum absolute atomic E-state index is 0.0458. The van der Waals surface area contributed by atoms with Gasteiger partial charge < -0.3 is 14.5 Å². The van der Waals surface area contributed by atoms with Gasteiger partial charge in [-0.3, -0.25) is 4.79 Å². The van der Waals surface area contributed by atoms with Crippen molar-refractivity contribution in [2.75, 3.05) is 32.1 Å². The fraction of sp³-hybridized carbons (Fsp3) is 0.600. The number of nitrogens with zero attached hydrogens (tertiary/aromatic N) is 1. The zero-order valence-corrected chi connectivity index (χ0v) is 16.2. The highest BCUT2D eigenvalue weighted by Gasteiger charge is 2.38. The molecule has 1 heterocycles. The summed E-state index contributed by atoms with van der Waals surface area (Å²) in [6, 6.07) is 2.17. The van der Waals surface area contributed by atoms with Gasteiger partial charge in [0, 0.05) is 0 Å². The first-order chi connectivity index (χ1) is 12.3. The highest BCUT2D eigenvalue weighted by atomic mass is 19.1. The van der Waals surface area contributed by atoms with Crippen LogP contribution < -0.4 is 5.32 Å². The summed E-state index contributed by atoms with van der Waals surface area (Å²) in [6.45, 7) is 8.60. The third kappa shape index (κ3) is 4.23. The lowest BCUT2D eigenvalue weighted by atomic mass is 10.1. The molecule has 6 heteroatoms. The maximum absolute atomic E-state index is 13.7. The van der Waals surface area contributed by atoms with Gasteiger partial charge >= 0.3 is 5.97 Å². The van der Waals surface area contributed by atoms with Gasteiger partial charge in [-0.05, 0) is 64.2 Å². The first-order valence-corrected chi connectivity index (χ1v) is 9.39. The van der Waals surface area contributed by atoms with Crippen LogP contribution in [0.25, 0.3) is 0 Å². The molecule has 0 spiro atoms. The number of halogens is 1. The van der Waals surface area contributed by atoms with Gasteiger partial charge in [0.25, 0.3) is 5.91 Å². The average molecular weight is 365 g/mol. The second kappa shape index (κ2) is 8.62. The van der Waals surface area contributed by atoms with Gasteiger partial charge in [0.15, 0.2) is 6.04 Å². The number of ether oxygens (including phenoxy) is 1. The maximum atomic E-state index is 13.7. The van der Waals surface area contributed by atoms with Crippen molar-refractivity contribution in [3.63, 3.8) is 0 Å². The molecule has 1 aliphatic rings. The molecule has 1 aromatic carbocycles. The number of quaternary nitrogens is 1. The van der Waals surface area contributed by atoms with E-state index in [4.69, 9.17) is 4.74 Å². The average Bonchev–Trinajstić information content (AvgIpc) is 2.88. The molecule has 0 aliphatic carbocycles. The Bertz CT molecular complexity index is 667. The lowest BCUT2D eigenvalue weighted by Gasteiger charge is -2.41. The zero-order chi connectivity index (χ0) is 19.3. The third-order valence-electron chi connectivity index (χ3n) is 5.74. The number of anilines is 1.